The van der Waals surface area contributed by atoms with Gasteiger partial charge in [0.25, 0.3) is 0 Å². The van der Waals surface area contributed by atoms with Crippen LogP contribution in [0.1, 0.15) is 28.8 Å². The van der Waals surface area contributed by atoms with Gasteiger partial charge in [0, 0.05) is 12.6 Å². The van der Waals surface area contributed by atoms with Crippen molar-refractivity contribution < 1.29 is 14.3 Å². The summed E-state index contributed by atoms with van der Waals surface area (Å²) in [6, 6.07) is 4.92. The Morgan fingerprint density at radius 3 is 2.75 bits per heavy atom. The fraction of sp³-hybridized carbons (Fsp3) is 0.417. The van der Waals surface area contributed by atoms with Gasteiger partial charge in [-0.1, -0.05) is 6.07 Å². The molecule has 0 aromatic heterocycles. The minimum Gasteiger partial charge on any atom is -0.478 e. The third-order valence-corrected chi connectivity index (χ3v) is 2.87. The lowest BCUT2D eigenvalue weighted by Gasteiger charge is -2.15. The zero-order valence-corrected chi connectivity index (χ0v) is 9.11. The Morgan fingerprint density at radius 2 is 2.25 bits per heavy atom. The average molecular weight is 223 g/mol. The molecular formula is C12H14FNO2. The van der Waals surface area contributed by atoms with Gasteiger partial charge in [-0.3, -0.25) is 4.90 Å². The molecule has 16 heavy (non-hydrogen) atoms. The molecular weight excluding hydrogens is 209 g/mol. The largest absolute Gasteiger partial charge is 0.478 e. The minimum atomic E-state index is -1.22. The van der Waals surface area contributed by atoms with E-state index < -0.39 is 11.8 Å². The molecule has 0 bridgehead atoms. The van der Waals surface area contributed by atoms with Crippen molar-refractivity contribution in [3.63, 3.8) is 0 Å². The van der Waals surface area contributed by atoms with Gasteiger partial charge in [-0.25, -0.2) is 9.18 Å². The summed E-state index contributed by atoms with van der Waals surface area (Å²) in [5.74, 6) is -1.88. The van der Waals surface area contributed by atoms with Crippen LogP contribution in [0.4, 0.5) is 4.39 Å². The van der Waals surface area contributed by atoms with E-state index in [4.69, 9.17) is 5.11 Å². The lowest BCUT2D eigenvalue weighted by molar-refractivity contribution is 0.0692. The Bertz CT molecular complexity index is 415. The van der Waals surface area contributed by atoms with Crippen molar-refractivity contribution in [2.75, 3.05) is 7.05 Å². The minimum absolute atomic E-state index is 0.266. The lowest BCUT2D eigenvalue weighted by Crippen LogP contribution is -2.20. The first kappa shape index (κ1) is 11.1. The van der Waals surface area contributed by atoms with Crippen LogP contribution in [-0.2, 0) is 6.54 Å². The molecule has 2 rings (SSSR count). The van der Waals surface area contributed by atoms with Crippen molar-refractivity contribution in [2.24, 2.45) is 0 Å². The normalized spacial score (nSPS) is 15.4. The predicted molar refractivity (Wildman–Crippen MR) is 57.8 cm³/mol. The molecule has 1 saturated carbocycles. The monoisotopic (exact) mass is 223 g/mol. The van der Waals surface area contributed by atoms with Crippen LogP contribution >= 0.6 is 0 Å². The van der Waals surface area contributed by atoms with Gasteiger partial charge in [0.15, 0.2) is 0 Å². The number of carboxylic acid groups (broad SMARTS) is 1. The molecule has 0 aliphatic heterocycles. The summed E-state index contributed by atoms with van der Waals surface area (Å²) in [6.07, 6.45) is 2.40. The summed E-state index contributed by atoms with van der Waals surface area (Å²) in [5, 5.41) is 8.69. The molecule has 1 aromatic rings. The third-order valence-electron chi connectivity index (χ3n) is 2.87. The molecule has 1 aliphatic carbocycles. The molecule has 0 radical (unpaired) electrons. The van der Waals surface area contributed by atoms with Crippen molar-refractivity contribution >= 4 is 5.97 Å². The van der Waals surface area contributed by atoms with Crippen LogP contribution in [0.15, 0.2) is 18.2 Å². The highest BCUT2D eigenvalue weighted by molar-refractivity contribution is 5.87. The molecule has 0 spiro atoms. The fourth-order valence-electron chi connectivity index (χ4n) is 1.76. The van der Waals surface area contributed by atoms with Crippen LogP contribution in [0.5, 0.6) is 0 Å². The highest BCUT2D eigenvalue weighted by Gasteiger charge is 2.26. The fourth-order valence-corrected chi connectivity index (χ4v) is 1.76. The average Bonchev–Trinajstić information content (AvgIpc) is 2.99. The highest BCUT2D eigenvalue weighted by Crippen LogP contribution is 2.26. The molecule has 3 nitrogen and oxygen atoms in total. The van der Waals surface area contributed by atoms with Crippen LogP contribution < -0.4 is 0 Å². The van der Waals surface area contributed by atoms with E-state index in [-0.39, 0.29) is 5.56 Å². The molecule has 0 atom stereocenters. The molecule has 0 saturated heterocycles. The second-order valence-corrected chi connectivity index (χ2v) is 4.27. The first-order chi connectivity index (χ1) is 7.58. The maximum absolute atomic E-state index is 13.4. The maximum atomic E-state index is 13.4. The number of aromatic carboxylic acids is 1. The molecule has 0 amide bonds. The van der Waals surface area contributed by atoms with E-state index in [0.717, 1.165) is 5.56 Å². The summed E-state index contributed by atoms with van der Waals surface area (Å²) < 4.78 is 13.4. The maximum Gasteiger partial charge on any atom is 0.338 e. The van der Waals surface area contributed by atoms with E-state index in [1.807, 2.05) is 7.05 Å². The number of rotatable bonds is 4. The number of nitrogens with zero attached hydrogens (tertiary/aromatic N) is 1. The number of hydrogen-bond acceptors (Lipinski definition) is 2. The zero-order chi connectivity index (χ0) is 11.7. The Balaban J connectivity index is 2.10. The van der Waals surface area contributed by atoms with Gasteiger partial charge >= 0.3 is 5.97 Å². The molecule has 0 unspecified atom stereocenters. The number of benzene rings is 1. The van der Waals surface area contributed by atoms with E-state index in [1.165, 1.54) is 25.0 Å². The number of hydrogen-bond donors (Lipinski definition) is 1. The Kier molecular flexibility index (Phi) is 2.92. The Morgan fingerprint density at radius 1 is 1.56 bits per heavy atom. The molecule has 1 aromatic carbocycles. The molecule has 1 fully saturated rings. The number of carboxylic acids is 1. The summed E-state index contributed by atoms with van der Waals surface area (Å²) in [5.41, 5.74) is 0.551. The van der Waals surface area contributed by atoms with E-state index >= 15 is 0 Å². The lowest BCUT2D eigenvalue weighted by atomic mass is 10.1. The van der Waals surface area contributed by atoms with Gasteiger partial charge in [0.1, 0.15) is 5.82 Å². The highest BCUT2D eigenvalue weighted by atomic mass is 19.1. The molecule has 1 aliphatic rings. The van der Waals surface area contributed by atoms with Crippen LogP contribution in [0.3, 0.4) is 0 Å². The van der Waals surface area contributed by atoms with Crippen molar-refractivity contribution in [3.8, 4) is 0 Å². The quantitative estimate of drug-likeness (QED) is 0.850. The SMILES string of the molecule is CN(Cc1ccc(C(=O)O)c(F)c1)C1CC1. The standard InChI is InChI=1S/C12H14FNO2/c1-14(9-3-4-9)7-8-2-5-10(12(15)16)11(13)6-8/h2,5-6,9H,3-4,7H2,1H3,(H,15,16). The smallest absolute Gasteiger partial charge is 0.338 e. The first-order valence-electron chi connectivity index (χ1n) is 5.30. The van der Waals surface area contributed by atoms with Gasteiger partial charge in [-0.15, -0.1) is 0 Å². The third kappa shape index (κ3) is 2.39. The predicted octanol–water partition coefficient (Wildman–Crippen LogP) is 2.12. The van der Waals surface area contributed by atoms with Crippen LogP contribution in [0.25, 0.3) is 0 Å². The van der Waals surface area contributed by atoms with Gasteiger partial charge in [-0.05, 0) is 37.6 Å². The summed E-state index contributed by atoms with van der Waals surface area (Å²) in [6.45, 7) is 0.668. The summed E-state index contributed by atoms with van der Waals surface area (Å²) in [4.78, 5) is 12.8. The van der Waals surface area contributed by atoms with Crippen LogP contribution in [-0.4, -0.2) is 29.1 Å². The van der Waals surface area contributed by atoms with Crippen molar-refractivity contribution in [3.05, 3.63) is 35.1 Å². The molecule has 4 heteroatoms. The van der Waals surface area contributed by atoms with Crippen LogP contribution in [0.2, 0.25) is 0 Å². The van der Waals surface area contributed by atoms with E-state index in [0.29, 0.717) is 12.6 Å². The number of halogens is 1. The summed E-state index contributed by atoms with van der Waals surface area (Å²) in [7, 11) is 2.00. The topological polar surface area (TPSA) is 40.5 Å². The van der Waals surface area contributed by atoms with Gasteiger partial charge in [0.05, 0.1) is 5.56 Å². The van der Waals surface area contributed by atoms with E-state index in [2.05, 4.69) is 4.90 Å². The molecule has 1 N–H and O–H groups in total. The van der Waals surface area contributed by atoms with E-state index in [9.17, 15) is 9.18 Å². The second kappa shape index (κ2) is 4.22. The van der Waals surface area contributed by atoms with Crippen molar-refractivity contribution in [1.29, 1.82) is 0 Å². The molecule has 86 valence electrons. The van der Waals surface area contributed by atoms with E-state index in [1.54, 1.807) is 6.07 Å². The Hall–Kier alpha value is -1.42. The van der Waals surface area contributed by atoms with Crippen molar-refractivity contribution in [1.82, 2.24) is 4.90 Å². The van der Waals surface area contributed by atoms with Gasteiger partial charge in [-0.2, -0.15) is 0 Å². The van der Waals surface area contributed by atoms with Gasteiger partial charge in [0.2, 0.25) is 0 Å². The molecule has 0 heterocycles. The van der Waals surface area contributed by atoms with Gasteiger partial charge < -0.3 is 5.11 Å². The second-order valence-electron chi connectivity index (χ2n) is 4.27. The Labute approximate surface area is 93.5 Å². The zero-order valence-electron chi connectivity index (χ0n) is 9.11. The van der Waals surface area contributed by atoms with Crippen LogP contribution in [0, 0.1) is 5.82 Å². The summed E-state index contributed by atoms with van der Waals surface area (Å²) >= 11 is 0. The van der Waals surface area contributed by atoms with Crippen molar-refractivity contribution in [2.45, 2.75) is 25.4 Å². The first-order valence-corrected chi connectivity index (χ1v) is 5.30. The number of carbonyl (C=O) groups is 1.